The molecule has 3 rings (SSSR count). The van der Waals surface area contributed by atoms with E-state index in [4.69, 9.17) is 0 Å². The number of piperazine rings is 1. The largest absolute Gasteiger partial charge is 0.311 e. The van der Waals surface area contributed by atoms with Gasteiger partial charge >= 0.3 is 0 Å². The highest BCUT2D eigenvalue weighted by Gasteiger charge is 2.38. The third kappa shape index (κ3) is 1.94. The summed E-state index contributed by atoms with van der Waals surface area (Å²) in [5.41, 5.74) is 0. The number of nitrogens with one attached hydrogen (secondary N) is 1. The van der Waals surface area contributed by atoms with Crippen molar-refractivity contribution in [2.45, 2.75) is 57.0 Å². The monoisotopic (exact) mass is 208 g/mol. The summed E-state index contributed by atoms with van der Waals surface area (Å²) in [6, 6.07) is 1.73. The Morgan fingerprint density at radius 2 is 1.73 bits per heavy atom. The molecule has 2 heteroatoms. The second-order valence-electron chi connectivity index (χ2n) is 5.62. The van der Waals surface area contributed by atoms with Gasteiger partial charge in [0.05, 0.1) is 0 Å². The van der Waals surface area contributed by atoms with Crippen LogP contribution in [0.3, 0.4) is 0 Å². The summed E-state index contributed by atoms with van der Waals surface area (Å²) in [5, 5.41) is 3.82. The average Bonchev–Trinajstić information content (AvgIpc) is 2.78. The first kappa shape index (κ1) is 10.1. The molecule has 0 aromatic carbocycles. The molecule has 0 spiro atoms. The summed E-state index contributed by atoms with van der Waals surface area (Å²) in [5.74, 6) is 0.990. The molecule has 86 valence electrons. The van der Waals surface area contributed by atoms with Crippen molar-refractivity contribution in [1.29, 1.82) is 0 Å². The third-order valence-electron chi connectivity index (χ3n) is 4.77. The second-order valence-corrected chi connectivity index (χ2v) is 5.62. The number of hydrogen-bond acceptors (Lipinski definition) is 2. The van der Waals surface area contributed by atoms with Crippen LogP contribution in [-0.2, 0) is 0 Å². The van der Waals surface area contributed by atoms with Gasteiger partial charge in [0.1, 0.15) is 0 Å². The van der Waals surface area contributed by atoms with E-state index in [0.29, 0.717) is 0 Å². The summed E-state index contributed by atoms with van der Waals surface area (Å²) < 4.78 is 0. The van der Waals surface area contributed by atoms with E-state index in [2.05, 4.69) is 10.2 Å². The zero-order chi connectivity index (χ0) is 10.1. The lowest BCUT2D eigenvalue weighted by atomic mass is 9.80. The van der Waals surface area contributed by atoms with Crippen molar-refractivity contribution in [3.05, 3.63) is 0 Å². The minimum atomic E-state index is 0.835. The smallest absolute Gasteiger partial charge is 0.0253 e. The van der Waals surface area contributed by atoms with Crippen molar-refractivity contribution in [2.24, 2.45) is 5.92 Å². The van der Waals surface area contributed by atoms with Crippen molar-refractivity contribution >= 4 is 0 Å². The summed E-state index contributed by atoms with van der Waals surface area (Å²) in [6.07, 6.45) is 10.3. The molecule has 2 nitrogen and oxygen atoms in total. The highest BCUT2D eigenvalue weighted by atomic mass is 15.2. The van der Waals surface area contributed by atoms with Gasteiger partial charge in [0.2, 0.25) is 0 Å². The first-order chi connectivity index (χ1) is 7.45. The standard InChI is InChI=1S/C13H24N2/c1-2-5-11(6-3-1)13-12-7-4-9-15(12)10-8-14-13/h11-14H,1-10H2/t12-,13+/m0/s1. The molecule has 3 fully saturated rings. The van der Waals surface area contributed by atoms with E-state index < -0.39 is 0 Å². The Bertz CT molecular complexity index is 211. The Kier molecular flexibility index (Phi) is 2.98. The minimum absolute atomic E-state index is 0.835. The van der Waals surface area contributed by atoms with Crippen LogP contribution in [0.5, 0.6) is 0 Å². The molecule has 3 aliphatic rings. The SMILES string of the molecule is C1CCC([C@H]2NCCN3CCC[C@@H]23)CC1. The van der Waals surface area contributed by atoms with Gasteiger partial charge in [-0.15, -0.1) is 0 Å². The van der Waals surface area contributed by atoms with Gasteiger partial charge in [0.15, 0.2) is 0 Å². The quantitative estimate of drug-likeness (QED) is 0.709. The highest BCUT2D eigenvalue weighted by molar-refractivity contribution is 4.96. The van der Waals surface area contributed by atoms with Crippen molar-refractivity contribution < 1.29 is 0 Å². The number of rotatable bonds is 1. The van der Waals surface area contributed by atoms with Gasteiger partial charge in [-0.05, 0) is 38.1 Å². The van der Waals surface area contributed by atoms with Crippen LogP contribution in [0.1, 0.15) is 44.9 Å². The highest BCUT2D eigenvalue weighted by Crippen LogP contribution is 2.33. The Morgan fingerprint density at radius 3 is 2.60 bits per heavy atom. The van der Waals surface area contributed by atoms with Crippen molar-refractivity contribution in [2.75, 3.05) is 19.6 Å². The lowest BCUT2D eigenvalue weighted by molar-refractivity contribution is 0.110. The van der Waals surface area contributed by atoms with Gasteiger partial charge in [0, 0.05) is 25.2 Å². The Morgan fingerprint density at radius 1 is 0.867 bits per heavy atom. The minimum Gasteiger partial charge on any atom is -0.311 e. The molecule has 0 unspecified atom stereocenters. The first-order valence-corrected chi connectivity index (χ1v) is 6.92. The van der Waals surface area contributed by atoms with Gasteiger partial charge in [-0.3, -0.25) is 4.90 Å². The molecule has 2 atom stereocenters. The van der Waals surface area contributed by atoms with Crippen LogP contribution in [0.4, 0.5) is 0 Å². The Balaban J connectivity index is 1.67. The molecule has 0 aromatic rings. The van der Waals surface area contributed by atoms with Crippen molar-refractivity contribution in [3.63, 3.8) is 0 Å². The van der Waals surface area contributed by atoms with E-state index in [-0.39, 0.29) is 0 Å². The van der Waals surface area contributed by atoms with Crippen LogP contribution >= 0.6 is 0 Å². The molecule has 1 N–H and O–H groups in total. The van der Waals surface area contributed by atoms with E-state index in [0.717, 1.165) is 18.0 Å². The fraction of sp³-hybridized carbons (Fsp3) is 1.00. The first-order valence-electron chi connectivity index (χ1n) is 6.92. The maximum Gasteiger partial charge on any atom is 0.0253 e. The van der Waals surface area contributed by atoms with Gasteiger partial charge in [0.25, 0.3) is 0 Å². The molecule has 2 saturated heterocycles. The van der Waals surface area contributed by atoms with Crippen molar-refractivity contribution in [1.82, 2.24) is 10.2 Å². The second kappa shape index (κ2) is 4.42. The maximum atomic E-state index is 3.82. The molecule has 0 radical (unpaired) electrons. The Hall–Kier alpha value is -0.0800. The Labute approximate surface area is 93.4 Å². The summed E-state index contributed by atoms with van der Waals surface area (Å²) in [6.45, 7) is 3.90. The topological polar surface area (TPSA) is 15.3 Å². The molecular formula is C13H24N2. The molecule has 2 heterocycles. The van der Waals surface area contributed by atoms with Crippen LogP contribution < -0.4 is 5.32 Å². The molecule has 15 heavy (non-hydrogen) atoms. The van der Waals surface area contributed by atoms with Gasteiger partial charge < -0.3 is 5.32 Å². The van der Waals surface area contributed by atoms with E-state index in [1.165, 1.54) is 64.6 Å². The van der Waals surface area contributed by atoms with Gasteiger partial charge in [-0.25, -0.2) is 0 Å². The van der Waals surface area contributed by atoms with Crippen LogP contribution in [0.15, 0.2) is 0 Å². The lowest BCUT2D eigenvalue weighted by Gasteiger charge is -2.43. The number of hydrogen-bond donors (Lipinski definition) is 1. The fourth-order valence-corrected chi connectivity index (χ4v) is 4.02. The van der Waals surface area contributed by atoms with Crippen LogP contribution in [-0.4, -0.2) is 36.6 Å². The van der Waals surface area contributed by atoms with E-state index >= 15 is 0 Å². The molecule has 0 bridgehead atoms. The van der Waals surface area contributed by atoms with E-state index in [1.807, 2.05) is 0 Å². The molecule has 1 saturated carbocycles. The maximum absolute atomic E-state index is 3.82. The van der Waals surface area contributed by atoms with Crippen molar-refractivity contribution in [3.8, 4) is 0 Å². The predicted molar refractivity (Wildman–Crippen MR) is 63.0 cm³/mol. The zero-order valence-corrected chi connectivity index (χ0v) is 9.75. The zero-order valence-electron chi connectivity index (χ0n) is 9.75. The average molecular weight is 208 g/mol. The molecule has 0 aromatic heterocycles. The molecular weight excluding hydrogens is 184 g/mol. The van der Waals surface area contributed by atoms with Crippen LogP contribution in [0, 0.1) is 5.92 Å². The molecule has 2 aliphatic heterocycles. The lowest BCUT2D eigenvalue weighted by Crippen LogP contribution is -2.58. The summed E-state index contributed by atoms with van der Waals surface area (Å²) >= 11 is 0. The predicted octanol–water partition coefficient (Wildman–Crippen LogP) is 2.00. The summed E-state index contributed by atoms with van der Waals surface area (Å²) in [4.78, 5) is 2.75. The van der Waals surface area contributed by atoms with Crippen LogP contribution in [0.25, 0.3) is 0 Å². The van der Waals surface area contributed by atoms with Gasteiger partial charge in [-0.1, -0.05) is 19.3 Å². The normalized spacial score (nSPS) is 39.2. The number of fused-ring (bicyclic) bond motifs is 1. The third-order valence-corrected chi connectivity index (χ3v) is 4.77. The fourth-order valence-electron chi connectivity index (χ4n) is 4.02. The van der Waals surface area contributed by atoms with Gasteiger partial charge in [-0.2, -0.15) is 0 Å². The van der Waals surface area contributed by atoms with E-state index in [1.54, 1.807) is 0 Å². The molecule has 1 aliphatic carbocycles. The van der Waals surface area contributed by atoms with Crippen LogP contribution in [0.2, 0.25) is 0 Å². The van der Waals surface area contributed by atoms with E-state index in [9.17, 15) is 0 Å². The summed E-state index contributed by atoms with van der Waals surface area (Å²) in [7, 11) is 0. The number of nitrogens with zero attached hydrogens (tertiary/aromatic N) is 1. The molecule has 0 amide bonds.